The summed E-state index contributed by atoms with van der Waals surface area (Å²) in [4.78, 5) is 31.6. The molecule has 28 heavy (non-hydrogen) atoms. The summed E-state index contributed by atoms with van der Waals surface area (Å²) >= 11 is 5.22. The monoisotopic (exact) mass is 458 g/mol. The molecule has 1 N–H and O–H groups in total. The van der Waals surface area contributed by atoms with Gasteiger partial charge in [-0.1, -0.05) is 28.1 Å². The molecule has 1 aliphatic heterocycles. The number of halogens is 1. The smallest absolute Gasteiger partial charge is 0.274 e. The molecule has 3 heterocycles. The van der Waals surface area contributed by atoms with E-state index in [0.717, 1.165) is 33.6 Å². The Hall–Kier alpha value is -2.32. The number of H-pyrrole nitrogens is 1. The predicted molar refractivity (Wildman–Crippen MR) is 113 cm³/mol. The van der Waals surface area contributed by atoms with E-state index in [9.17, 15) is 9.59 Å². The Morgan fingerprint density at radius 1 is 1.18 bits per heavy atom. The van der Waals surface area contributed by atoms with E-state index in [1.54, 1.807) is 16.2 Å². The number of thiazole rings is 1. The largest absolute Gasteiger partial charge is 0.337 e. The number of carbonyl (C=O) groups is 1. The average Bonchev–Trinajstić information content (AvgIpc) is 3.10. The van der Waals surface area contributed by atoms with Crippen molar-refractivity contribution in [3.8, 4) is 11.3 Å². The van der Waals surface area contributed by atoms with E-state index in [1.807, 2.05) is 12.1 Å². The number of nitrogens with one attached hydrogen (secondary N) is 1. The molecule has 0 bridgehead atoms. The lowest BCUT2D eigenvalue weighted by Gasteiger charge is -2.30. The van der Waals surface area contributed by atoms with Crippen LogP contribution in [-0.4, -0.2) is 39.1 Å². The number of nitrogens with zero attached hydrogens (tertiary/aromatic N) is 3. The van der Waals surface area contributed by atoms with Gasteiger partial charge in [-0.25, -0.2) is 10.1 Å². The molecular weight excluding hydrogens is 440 g/mol. The first-order valence-corrected chi connectivity index (χ1v) is 10.7. The highest BCUT2D eigenvalue weighted by Crippen LogP contribution is 2.36. The fraction of sp³-hybridized carbons (Fsp3) is 0.300. The van der Waals surface area contributed by atoms with Gasteiger partial charge in [-0.15, -0.1) is 11.3 Å². The molecule has 1 aliphatic rings. The lowest BCUT2D eigenvalue weighted by Crippen LogP contribution is -2.38. The van der Waals surface area contributed by atoms with Crippen LogP contribution in [0.5, 0.6) is 0 Å². The lowest BCUT2D eigenvalue weighted by atomic mass is 9.97. The average molecular weight is 459 g/mol. The van der Waals surface area contributed by atoms with Crippen molar-refractivity contribution in [2.24, 2.45) is 0 Å². The SMILES string of the molecule is Cc1sc(C2CCN(C(=O)c3ccc(=O)[nH]n3)CC2)nc1-c1ccc(Br)cc1. The number of benzene rings is 1. The Balaban J connectivity index is 1.44. The highest BCUT2D eigenvalue weighted by Gasteiger charge is 2.27. The summed E-state index contributed by atoms with van der Waals surface area (Å²) in [5.41, 5.74) is 2.14. The molecule has 0 atom stereocenters. The number of hydrogen-bond donors (Lipinski definition) is 1. The summed E-state index contributed by atoms with van der Waals surface area (Å²) in [6.07, 6.45) is 1.75. The van der Waals surface area contributed by atoms with Crippen LogP contribution in [0, 0.1) is 6.92 Å². The molecule has 0 saturated carbocycles. The Morgan fingerprint density at radius 3 is 2.54 bits per heavy atom. The van der Waals surface area contributed by atoms with Gasteiger partial charge in [0.25, 0.3) is 11.5 Å². The zero-order valence-electron chi connectivity index (χ0n) is 15.3. The van der Waals surface area contributed by atoms with Gasteiger partial charge in [0.15, 0.2) is 0 Å². The van der Waals surface area contributed by atoms with Gasteiger partial charge < -0.3 is 4.90 Å². The Kier molecular flexibility index (Phi) is 5.41. The number of rotatable bonds is 3. The maximum atomic E-state index is 12.5. The van der Waals surface area contributed by atoms with Crippen LogP contribution in [0.2, 0.25) is 0 Å². The standard InChI is InChI=1S/C20H19BrN4O2S/c1-12-18(13-2-4-15(21)5-3-13)22-19(28-12)14-8-10-25(11-9-14)20(27)16-6-7-17(26)24-23-16/h2-7,14H,8-11H2,1H3,(H,24,26). The third kappa shape index (κ3) is 3.93. The van der Waals surface area contributed by atoms with Gasteiger partial charge in [-0.3, -0.25) is 9.59 Å². The van der Waals surface area contributed by atoms with Crippen molar-refractivity contribution >= 4 is 33.2 Å². The molecule has 3 aromatic rings. The Bertz CT molecular complexity index is 1030. The van der Waals surface area contributed by atoms with Gasteiger partial charge in [0, 0.05) is 40.0 Å². The van der Waals surface area contributed by atoms with Crippen molar-refractivity contribution in [1.82, 2.24) is 20.1 Å². The molecule has 4 rings (SSSR count). The molecule has 0 spiro atoms. The molecule has 0 unspecified atom stereocenters. The first kappa shape index (κ1) is 19.0. The molecule has 1 amide bonds. The van der Waals surface area contributed by atoms with Crippen molar-refractivity contribution in [2.75, 3.05) is 13.1 Å². The number of hydrogen-bond acceptors (Lipinski definition) is 5. The third-order valence-corrected chi connectivity index (χ3v) is 6.62. The number of aromatic nitrogens is 3. The predicted octanol–water partition coefficient (Wildman–Crippen LogP) is 3.98. The Morgan fingerprint density at radius 2 is 1.89 bits per heavy atom. The number of amides is 1. The molecule has 1 aromatic carbocycles. The van der Waals surface area contributed by atoms with Crippen molar-refractivity contribution in [2.45, 2.75) is 25.7 Å². The second-order valence-corrected chi connectivity index (χ2v) is 8.99. The summed E-state index contributed by atoms with van der Waals surface area (Å²) in [5.74, 6) is 0.223. The van der Waals surface area contributed by atoms with Crippen molar-refractivity contribution in [3.05, 3.63) is 66.8 Å². The summed E-state index contributed by atoms with van der Waals surface area (Å²) < 4.78 is 1.05. The van der Waals surface area contributed by atoms with Crippen molar-refractivity contribution in [3.63, 3.8) is 0 Å². The molecule has 0 aliphatic carbocycles. The highest BCUT2D eigenvalue weighted by molar-refractivity contribution is 9.10. The number of piperidine rings is 1. The van der Waals surface area contributed by atoms with E-state index in [2.05, 4.69) is 45.2 Å². The van der Waals surface area contributed by atoms with Crippen LogP contribution in [0.25, 0.3) is 11.3 Å². The van der Waals surface area contributed by atoms with E-state index < -0.39 is 0 Å². The number of aryl methyl sites for hydroxylation is 1. The second-order valence-electron chi connectivity index (χ2n) is 6.84. The van der Waals surface area contributed by atoms with Crippen LogP contribution in [0.1, 0.15) is 39.1 Å². The Labute approximate surface area is 174 Å². The zero-order valence-corrected chi connectivity index (χ0v) is 17.7. The van der Waals surface area contributed by atoms with Gasteiger partial charge in [0.1, 0.15) is 5.69 Å². The van der Waals surface area contributed by atoms with Crippen LogP contribution in [0.3, 0.4) is 0 Å². The highest BCUT2D eigenvalue weighted by atomic mass is 79.9. The summed E-state index contributed by atoms with van der Waals surface area (Å²) in [5, 5.41) is 7.30. The quantitative estimate of drug-likeness (QED) is 0.643. The third-order valence-electron chi connectivity index (χ3n) is 4.96. The summed E-state index contributed by atoms with van der Waals surface area (Å²) in [6.45, 7) is 3.44. The first-order valence-electron chi connectivity index (χ1n) is 9.09. The first-order chi connectivity index (χ1) is 13.5. The maximum absolute atomic E-state index is 12.5. The maximum Gasteiger partial charge on any atom is 0.274 e. The van der Waals surface area contributed by atoms with E-state index in [4.69, 9.17) is 4.98 Å². The lowest BCUT2D eigenvalue weighted by molar-refractivity contribution is 0.0705. The minimum absolute atomic E-state index is 0.138. The van der Waals surface area contributed by atoms with E-state index in [1.165, 1.54) is 17.0 Å². The van der Waals surface area contributed by atoms with Crippen LogP contribution in [-0.2, 0) is 0 Å². The van der Waals surface area contributed by atoms with Gasteiger partial charge in [0.05, 0.1) is 10.7 Å². The minimum Gasteiger partial charge on any atom is -0.337 e. The van der Waals surface area contributed by atoms with E-state index >= 15 is 0 Å². The number of carbonyl (C=O) groups excluding carboxylic acids is 1. The molecule has 144 valence electrons. The van der Waals surface area contributed by atoms with E-state index in [0.29, 0.717) is 19.0 Å². The van der Waals surface area contributed by atoms with Crippen molar-refractivity contribution < 1.29 is 4.79 Å². The van der Waals surface area contributed by atoms with Crippen LogP contribution in [0.15, 0.2) is 45.7 Å². The van der Waals surface area contributed by atoms with Gasteiger partial charge >= 0.3 is 0 Å². The number of aromatic amines is 1. The number of likely N-dealkylation sites (tertiary alicyclic amines) is 1. The second kappa shape index (κ2) is 7.97. The van der Waals surface area contributed by atoms with Crippen LogP contribution >= 0.6 is 27.3 Å². The van der Waals surface area contributed by atoms with Gasteiger partial charge in [-0.05, 0) is 38.0 Å². The fourth-order valence-corrected chi connectivity index (χ4v) is 4.80. The molecule has 1 saturated heterocycles. The molecule has 8 heteroatoms. The van der Waals surface area contributed by atoms with E-state index in [-0.39, 0.29) is 17.2 Å². The van der Waals surface area contributed by atoms with Gasteiger partial charge in [-0.2, -0.15) is 5.10 Å². The molecular formula is C20H19BrN4O2S. The topological polar surface area (TPSA) is 79.0 Å². The molecule has 6 nitrogen and oxygen atoms in total. The van der Waals surface area contributed by atoms with Crippen molar-refractivity contribution in [1.29, 1.82) is 0 Å². The van der Waals surface area contributed by atoms with Crippen LogP contribution < -0.4 is 5.56 Å². The molecule has 1 fully saturated rings. The molecule has 2 aromatic heterocycles. The normalized spacial score (nSPS) is 15.0. The minimum atomic E-state index is -0.309. The summed E-state index contributed by atoms with van der Waals surface area (Å²) in [6, 6.07) is 11.0. The molecule has 0 radical (unpaired) electrons. The van der Waals surface area contributed by atoms with Crippen LogP contribution in [0.4, 0.5) is 0 Å². The summed E-state index contributed by atoms with van der Waals surface area (Å²) in [7, 11) is 0. The van der Waals surface area contributed by atoms with Gasteiger partial charge in [0.2, 0.25) is 0 Å². The zero-order chi connectivity index (χ0) is 19.7. The fourth-order valence-electron chi connectivity index (χ4n) is 3.42.